The smallest absolute Gasteiger partial charge is 0.408 e. The van der Waals surface area contributed by atoms with Gasteiger partial charge in [-0.05, 0) is 37.8 Å². The topological polar surface area (TPSA) is 88.0 Å². The molecule has 0 saturated heterocycles. The van der Waals surface area contributed by atoms with Gasteiger partial charge in [-0.25, -0.2) is 4.79 Å². The number of carbonyl (C=O) groups is 1. The van der Waals surface area contributed by atoms with Gasteiger partial charge >= 0.3 is 5.76 Å². The molecule has 1 N–H and O–H groups in total. The molecule has 0 bridgehead atoms. The van der Waals surface area contributed by atoms with Gasteiger partial charge in [0.2, 0.25) is 5.91 Å². The molecule has 0 spiro atoms. The minimum absolute atomic E-state index is 0.140. The highest BCUT2D eigenvalue weighted by Gasteiger charge is 2.35. The number of benzene rings is 1. The number of nitriles is 1. The zero-order valence-corrected chi connectivity index (χ0v) is 11.5. The van der Waals surface area contributed by atoms with Crippen LogP contribution in [-0.2, 0) is 11.3 Å². The van der Waals surface area contributed by atoms with Gasteiger partial charge in [0.15, 0.2) is 5.58 Å². The minimum Gasteiger partial charge on any atom is -0.408 e. The molecule has 2 aromatic rings. The van der Waals surface area contributed by atoms with E-state index in [-0.39, 0.29) is 12.5 Å². The van der Waals surface area contributed by atoms with Crippen LogP contribution in [0, 0.1) is 11.3 Å². The summed E-state index contributed by atoms with van der Waals surface area (Å²) in [4.78, 5) is 24.0. The SMILES string of the molecule is N#CC1(NC(=O)Cn2c(=O)oc3ccccc32)CCCC1. The van der Waals surface area contributed by atoms with Crippen molar-refractivity contribution in [3.63, 3.8) is 0 Å². The molecule has 21 heavy (non-hydrogen) atoms. The molecule has 6 heteroatoms. The third kappa shape index (κ3) is 2.42. The number of hydrogen-bond acceptors (Lipinski definition) is 4. The summed E-state index contributed by atoms with van der Waals surface area (Å²) < 4.78 is 6.37. The number of nitrogens with zero attached hydrogens (tertiary/aromatic N) is 2. The van der Waals surface area contributed by atoms with Crippen molar-refractivity contribution >= 4 is 17.0 Å². The highest BCUT2D eigenvalue weighted by Crippen LogP contribution is 2.28. The largest absolute Gasteiger partial charge is 0.420 e. The minimum atomic E-state index is -0.778. The van der Waals surface area contributed by atoms with E-state index >= 15 is 0 Å². The number of amides is 1. The molecular weight excluding hydrogens is 270 g/mol. The van der Waals surface area contributed by atoms with Gasteiger partial charge < -0.3 is 9.73 Å². The molecular formula is C15H15N3O3. The summed E-state index contributed by atoms with van der Waals surface area (Å²) in [5.74, 6) is -0.907. The zero-order valence-electron chi connectivity index (χ0n) is 11.5. The Hall–Kier alpha value is -2.55. The van der Waals surface area contributed by atoms with Gasteiger partial charge in [0, 0.05) is 0 Å². The summed E-state index contributed by atoms with van der Waals surface area (Å²) in [5.41, 5.74) is 0.251. The Balaban J connectivity index is 1.82. The molecule has 1 saturated carbocycles. The summed E-state index contributed by atoms with van der Waals surface area (Å²) >= 11 is 0. The van der Waals surface area contributed by atoms with Gasteiger partial charge in [0.1, 0.15) is 12.1 Å². The number of nitrogens with one attached hydrogen (secondary N) is 1. The van der Waals surface area contributed by atoms with Crippen molar-refractivity contribution in [2.24, 2.45) is 0 Å². The van der Waals surface area contributed by atoms with E-state index < -0.39 is 11.3 Å². The Morgan fingerprint density at radius 3 is 2.81 bits per heavy atom. The second-order valence-corrected chi connectivity index (χ2v) is 5.37. The van der Waals surface area contributed by atoms with Gasteiger partial charge in [-0.2, -0.15) is 5.26 Å². The Morgan fingerprint density at radius 1 is 1.38 bits per heavy atom. The third-order valence-corrected chi connectivity index (χ3v) is 3.93. The van der Waals surface area contributed by atoms with Crippen LogP contribution in [0.1, 0.15) is 25.7 Å². The Morgan fingerprint density at radius 2 is 2.10 bits per heavy atom. The van der Waals surface area contributed by atoms with Crippen molar-refractivity contribution in [3.8, 4) is 6.07 Å². The molecule has 1 aromatic carbocycles. The molecule has 6 nitrogen and oxygen atoms in total. The fraction of sp³-hybridized carbons (Fsp3) is 0.400. The molecule has 1 aliphatic rings. The van der Waals surface area contributed by atoms with Gasteiger partial charge in [-0.3, -0.25) is 9.36 Å². The normalized spacial score (nSPS) is 16.7. The quantitative estimate of drug-likeness (QED) is 0.926. The summed E-state index contributed by atoms with van der Waals surface area (Å²) in [6.45, 7) is -0.140. The molecule has 0 atom stereocenters. The monoisotopic (exact) mass is 285 g/mol. The number of rotatable bonds is 3. The first kappa shape index (κ1) is 13.4. The second-order valence-electron chi connectivity index (χ2n) is 5.37. The summed E-state index contributed by atoms with van der Waals surface area (Å²) in [5, 5.41) is 12.0. The lowest BCUT2D eigenvalue weighted by Crippen LogP contribution is -2.46. The van der Waals surface area contributed by atoms with Crippen LogP contribution in [0.15, 0.2) is 33.5 Å². The van der Waals surface area contributed by atoms with Crippen molar-refractivity contribution in [3.05, 3.63) is 34.8 Å². The predicted octanol–water partition coefficient (Wildman–Crippen LogP) is 1.55. The van der Waals surface area contributed by atoms with Gasteiger partial charge in [0.05, 0.1) is 11.6 Å². The van der Waals surface area contributed by atoms with Gasteiger partial charge in [-0.1, -0.05) is 12.1 Å². The van der Waals surface area contributed by atoms with Crippen molar-refractivity contribution in [2.45, 2.75) is 37.8 Å². The highest BCUT2D eigenvalue weighted by molar-refractivity contribution is 5.80. The summed E-state index contributed by atoms with van der Waals surface area (Å²) in [7, 11) is 0. The summed E-state index contributed by atoms with van der Waals surface area (Å²) in [6.07, 6.45) is 3.19. The van der Waals surface area contributed by atoms with E-state index in [2.05, 4.69) is 11.4 Å². The van der Waals surface area contributed by atoms with Gasteiger partial charge in [0.25, 0.3) is 0 Å². The van der Waals surface area contributed by atoms with Crippen molar-refractivity contribution in [1.82, 2.24) is 9.88 Å². The van der Waals surface area contributed by atoms with E-state index in [1.165, 1.54) is 4.57 Å². The first-order valence-electron chi connectivity index (χ1n) is 6.94. The summed E-state index contributed by atoms with van der Waals surface area (Å²) in [6, 6.07) is 9.14. The fourth-order valence-corrected chi connectivity index (χ4v) is 2.86. The first-order valence-corrected chi connectivity index (χ1v) is 6.94. The van der Waals surface area contributed by atoms with Crippen LogP contribution in [0.5, 0.6) is 0 Å². The van der Waals surface area contributed by atoms with Crippen LogP contribution in [0.2, 0.25) is 0 Å². The Labute approximate surface area is 121 Å². The van der Waals surface area contributed by atoms with E-state index in [4.69, 9.17) is 4.42 Å². The Kier molecular flexibility index (Phi) is 3.26. The maximum Gasteiger partial charge on any atom is 0.420 e. The lowest BCUT2D eigenvalue weighted by molar-refractivity contribution is -0.123. The molecule has 1 fully saturated rings. The molecule has 0 aliphatic heterocycles. The molecule has 108 valence electrons. The first-order chi connectivity index (χ1) is 10.1. The Bertz CT molecular complexity index is 775. The van der Waals surface area contributed by atoms with Gasteiger partial charge in [-0.15, -0.1) is 0 Å². The van der Waals surface area contributed by atoms with Crippen LogP contribution in [-0.4, -0.2) is 16.0 Å². The number of para-hydroxylation sites is 2. The van der Waals surface area contributed by atoms with Crippen molar-refractivity contribution in [2.75, 3.05) is 0 Å². The predicted molar refractivity (Wildman–Crippen MR) is 75.4 cm³/mol. The van der Waals surface area contributed by atoms with E-state index in [1.807, 2.05) is 0 Å². The van der Waals surface area contributed by atoms with E-state index in [9.17, 15) is 14.9 Å². The highest BCUT2D eigenvalue weighted by atomic mass is 16.4. The lowest BCUT2D eigenvalue weighted by atomic mass is 10.00. The van der Waals surface area contributed by atoms with Crippen LogP contribution in [0.25, 0.3) is 11.1 Å². The average Bonchev–Trinajstić information content (AvgIpc) is 3.05. The molecule has 3 rings (SSSR count). The fourth-order valence-electron chi connectivity index (χ4n) is 2.86. The number of carbonyl (C=O) groups excluding carboxylic acids is 1. The van der Waals surface area contributed by atoms with Crippen molar-refractivity contribution in [1.29, 1.82) is 5.26 Å². The molecule has 0 unspecified atom stereocenters. The standard InChI is InChI=1S/C15H15N3O3/c16-10-15(7-3-4-8-15)17-13(19)9-18-11-5-1-2-6-12(11)21-14(18)20/h1-2,5-6H,3-4,7-9H2,(H,17,19). The molecule has 1 heterocycles. The number of oxazole rings is 1. The maximum absolute atomic E-state index is 12.2. The molecule has 1 aromatic heterocycles. The van der Waals surface area contributed by atoms with Crippen LogP contribution in [0.4, 0.5) is 0 Å². The second kappa shape index (κ2) is 5.09. The van der Waals surface area contributed by atoms with E-state index in [1.54, 1.807) is 24.3 Å². The average molecular weight is 285 g/mol. The van der Waals surface area contributed by atoms with Crippen LogP contribution >= 0.6 is 0 Å². The third-order valence-electron chi connectivity index (χ3n) is 3.93. The number of fused-ring (bicyclic) bond motifs is 1. The molecule has 1 amide bonds. The number of aromatic nitrogens is 1. The lowest BCUT2D eigenvalue weighted by Gasteiger charge is -2.21. The number of hydrogen-bond donors (Lipinski definition) is 1. The van der Waals surface area contributed by atoms with E-state index in [0.29, 0.717) is 23.9 Å². The molecule has 0 radical (unpaired) electrons. The zero-order chi connectivity index (χ0) is 14.9. The van der Waals surface area contributed by atoms with E-state index in [0.717, 1.165) is 12.8 Å². The van der Waals surface area contributed by atoms with Crippen LogP contribution < -0.4 is 11.1 Å². The van der Waals surface area contributed by atoms with Crippen molar-refractivity contribution < 1.29 is 9.21 Å². The molecule has 1 aliphatic carbocycles. The maximum atomic E-state index is 12.2. The van der Waals surface area contributed by atoms with Crippen LogP contribution in [0.3, 0.4) is 0 Å².